The third-order valence-electron chi connectivity index (χ3n) is 4.48. The molecule has 1 atom stereocenters. The average Bonchev–Trinajstić information content (AvgIpc) is 2.75. The lowest BCUT2D eigenvalue weighted by Gasteiger charge is -2.26. The summed E-state index contributed by atoms with van der Waals surface area (Å²) in [6, 6.07) is 14.0. The van der Waals surface area contributed by atoms with E-state index in [2.05, 4.69) is 10.6 Å². The summed E-state index contributed by atoms with van der Waals surface area (Å²) in [4.78, 5) is 62.2. The van der Waals surface area contributed by atoms with Crippen molar-refractivity contribution < 1.29 is 28.7 Å². The molecular formula is C21H19N3O6. The van der Waals surface area contributed by atoms with Crippen molar-refractivity contribution in [3.63, 3.8) is 0 Å². The predicted octanol–water partition coefficient (Wildman–Crippen LogP) is 0.952. The number of hydrogen-bond acceptors (Lipinski definition) is 6. The average molecular weight is 409 g/mol. The Morgan fingerprint density at radius 3 is 2.40 bits per heavy atom. The van der Waals surface area contributed by atoms with Gasteiger partial charge in [0, 0.05) is 18.2 Å². The van der Waals surface area contributed by atoms with Crippen LogP contribution in [0, 0.1) is 0 Å². The number of urea groups is 1. The van der Waals surface area contributed by atoms with Crippen molar-refractivity contribution in [2.45, 2.75) is 12.5 Å². The maximum Gasteiger partial charge on any atom is 0.327 e. The van der Waals surface area contributed by atoms with Crippen LogP contribution >= 0.6 is 0 Å². The minimum absolute atomic E-state index is 0.0194. The standard InChI is InChI=1S/C21H19N3O6/c1-22-21(29)23-19(27)18(13-7-3-2-4-8-13)30-17(26)12-24-16(25)11-14-9-5-6-10-15(14)20(24)28/h2-10,18H,11-12H2,1H3,(H2,22,23,27,29)/t18-/m1/s1. The smallest absolute Gasteiger partial charge is 0.327 e. The molecule has 0 bridgehead atoms. The van der Waals surface area contributed by atoms with Crippen LogP contribution in [0.25, 0.3) is 0 Å². The van der Waals surface area contributed by atoms with E-state index in [1.54, 1.807) is 54.6 Å². The number of esters is 1. The number of carbonyl (C=O) groups excluding carboxylic acids is 5. The minimum Gasteiger partial charge on any atom is -0.446 e. The Morgan fingerprint density at radius 2 is 1.70 bits per heavy atom. The van der Waals surface area contributed by atoms with E-state index in [0.717, 1.165) is 4.90 Å². The summed E-state index contributed by atoms with van der Waals surface area (Å²) in [5, 5.41) is 4.29. The molecular weight excluding hydrogens is 390 g/mol. The highest BCUT2D eigenvalue weighted by Gasteiger charge is 2.34. The zero-order valence-electron chi connectivity index (χ0n) is 16.1. The van der Waals surface area contributed by atoms with E-state index in [-0.39, 0.29) is 6.42 Å². The van der Waals surface area contributed by atoms with Crippen LogP contribution in [0.4, 0.5) is 4.79 Å². The van der Waals surface area contributed by atoms with Crippen molar-refractivity contribution in [2.75, 3.05) is 13.6 Å². The van der Waals surface area contributed by atoms with Gasteiger partial charge in [-0.05, 0) is 11.6 Å². The molecule has 0 saturated heterocycles. The number of carbonyl (C=O) groups is 5. The van der Waals surface area contributed by atoms with Crippen LogP contribution in [-0.2, 0) is 25.5 Å². The van der Waals surface area contributed by atoms with Gasteiger partial charge in [-0.25, -0.2) is 4.79 Å². The summed E-state index contributed by atoms with van der Waals surface area (Å²) in [6.07, 6.45) is -1.45. The minimum atomic E-state index is -1.43. The van der Waals surface area contributed by atoms with Crippen LogP contribution in [-0.4, -0.2) is 48.2 Å². The van der Waals surface area contributed by atoms with E-state index < -0.39 is 42.4 Å². The highest BCUT2D eigenvalue weighted by molar-refractivity contribution is 6.11. The molecule has 0 spiro atoms. The van der Waals surface area contributed by atoms with Crippen molar-refractivity contribution in [1.82, 2.24) is 15.5 Å². The lowest BCUT2D eigenvalue weighted by Crippen LogP contribution is -2.46. The summed E-state index contributed by atoms with van der Waals surface area (Å²) in [5.41, 5.74) is 1.25. The molecule has 0 saturated carbocycles. The fourth-order valence-corrected chi connectivity index (χ4v) is 3.00. The second-order valence-electron chi connectivity index (χ2n) is 6.47. The molecule has 1 aliphatic heterocycles. The molecule has 1 heterocycles. The van der Waals surface area contributed by atoms with E-state index >= 15 is 0 Å². The van der Waals surface area contributed by atoms with Crippen molar-refractivity contribution in [3.8, 4) is 0 Å². The van der Waals surface area contributed by atoms with Crippen LogP contribution in [0.3, 0.4) is 0 Å². The van der Waals surface area contributed by atoms with Gasteiger partial charge in [0.1, 0.15) is 6.54 Å². The number of benzene rings is 2. The summed E-state index contributed by atoms with van der Waals surface area (Å²) < 4.78 is 5.25. The van der Waals surface area contributed by atoms with E-state index in [9.17, 15) is 24.0 Å². The molecule has 2 aromatic rings. The molecule has 0 radical (unpaired) electrons. The highest BCUT2D eigenvalue weighted by Crippen LogP contribution is 2.21. The number of nitrogens with zero attached hydrogens (tertiary/aromatic N) is 1. The van der Waals surface area contributed by atoms with Gasteiger partial charge in [-0.1, -0.05) is 48.5 Å². The Bertz CT molecular complexity index is 1000. The lowest BCUT2D eigenvalue weighted by atomic mass is 9.98. The Labute approximate surface area is 172 Å². The van der Waals surface area contributed by atoms with E-state index in [4.69, 9.17) is 4.74 Å². The molecule has 9 heteroatoms. The van der Waals surface area contributed by atoms with Gasteiger partial charge < -0.3 is 10.1 Å². The van der Waals surface area contributed by atoms with Crippen molar-refractivity contribution in [1.29, 1.82) is 0 Å². The predicted molar refractivity (Wildman–Crippen MR) is 104 cm³/mol. The fourth-order valence-electron chi connectivity index (χ4n) is 3.00. The number of fused-ring (bicyclic) bond motifs is 1. The second kappa shape index (κ2) is 8.99. The fraction of sp³-hybridized carbons (Fsp3) is 0.190. The highest BCUT2D eigenvalue weighted by atomic mass is 16.5. The molecule has 1 aliphatic rings. The van der Waals surface area contributed by atoms with Gasteiger partial charge in [-0.2, -0.15) is 0 Å². The third kappa shape index (κ3) is 4.52. The van der Waals surface area contributed by atoms with E-state index in [0.29, 0.717) is 16.7 Å². The van der Waals surface area contributed by atoms with Crippen LogP contribution < -0.4 is 10.6 Å². The van der Waals surface area contributed by atoms with Crippen molar-refractivity contribution in [3.05, 3.63) is 71.3 Å². The third-order valence-corrected chi connectivity index (χ3v) is 4.48. The van der Waals surface area contributed by atoms with Gasteiger partial charge in [0.2, 0.25) is 12.0 Å². The quantitative estimate of drug-likeness (QED) is 0.560. The van der Waals surface area contributed by atoms with Crippen LogP contribution in [0.1, 0.15) is 27.6 Å². The molecule has 9 nitrogen and oxygen atoms in total. The first kappa shape index (κ1) is 20.7. The molecule has 0 aromatic heterocycles. The van der Waals surface area contributed by atoms with Crippen molar-refractivity contribution >= 4 is 29.7 Å². The van der Waals surface area contributed by atoms with Gasteiger partial charge in [0.15, 0.2) is 0 Å². The number of amides is 5. The van der Waals surface area contributed by atoms with E-state index in [1.165, 1.54) is 7.05 Å². The zero-order valence-corrected chi connectivity index (χ0v) is 16.1. The molecule has 154 valence electrons. The monoisotopic (exact) mass is 409 g/mol. The summed E-state index contributed by atoms with van der Waals surface area (Å²) >= 11 is 0. The second-order valence-corrected chi connectivity index (χ2v) is 6.47. The summed E-state index contributed by atoms with van der Waals surface area (Å²) in [6.45, 7) is -0.650. The Kier molecular flexibility index (Phi) is 6.21. The van der Waals surface area contributed by atoms with Gasteiger partial charge >= 0.3 is 12.0 Å². The van der Waals surface area contributed by atoms with Gasteiger partial charge in [-0.3, -0.25) is 29.4 Å². The van der Waals surface area contributed by atoms with Gasteiger partial charge in [-0.15, -0.1) is 0 Å². The lowest BCUT2D eigenvalue weighted by molar-refractivity contribution is -0.158. The normalized spacial score (nSPS) is 13.8. The van der Waals surface area contributed by atoms with Crippen LogP contribution in [0.15, 0.2) is 54.6 Å². The molecule has 0 unspecified atom stereocenters. The zero-order chi connectivity index (χ0) is 21.7. The molecule has 0 aliphatic carbocycles. The Balaban J connectivity index is 1.76. The number of rotatable bonds is 5. The molecule has 5 amide bonds. The molecule has 30 heavy (non-hydrogen) atoms. The SMILES string of the molecule is CNC(=O)NC(=O)[C@H](OC(=O)CN1C(=O)Cc2ccccc2C1=O)c1ccccc1. The first-order valence-electron chi connectivity index (χ1n) is 9.10. The summed E-state index contributed by atoms with van der Waals surface area (Å²) in [7, 11) is 1.33. The van der Waals surface area contributed by atoms with Gasteiger partial charge in [0.05, 0.1) is 6.42 Å². The summed E-state index contributed by atoms with van der Waals surface area (Å²) in [5.74, 6) is -2.97. The number of nitrogens with one attached hydrogen (secondary N) is 2. The maximum atomic E-state index is 12.6. The maximum absolute atomic E-state index is 12.6. The molecule has 2 N–H and O–H groups in total. The number of hydrogen-bond donors (Lipinski definition) is 2. The molecule has 2 aromatic carbocycles. The van der Waals surface area contributed by atoms with Crippen LogP contribution in [0.2, 0.25) is 0 Å². The topological polar surface area (TPSA) is 122 Å². The number of imide groups is 2. The van der Waals surface area contributed by atoms with Gasteiger partial charge in [0.25, 0.3) is 11.8 Å². The van der Waals surface area contributed by atoms with E-state index in [1.807, 2.05) is 0 Å². The van der Waals surface area contributed by atoms with Crippen molar-refractivity contribution in [2.24, 2.45) is 0 Å². The first-order valence-corrected chi connectivity index (χ1v) is 9.10. The largest absolute Gasteiger partial charge is 0.446 e. The molecule has 3 rings (SSSR count). The Hall–Kier alpha value is -4.01. The van der Waals surface area contributed by atoms with Crippen LogP contribution in [0.5, 0.6) is 0 Å². The Morgan fingerprint density at radius 1 is 1.03 bits per heavy atom. The first-order chi connectivity index (χ1) is 14.4. The number of ether oxygens (including phenoxy) is 1. The molecule has 0 fully saturated rings.